The lowest BCUT2D eigenvalue weighted by Gasteiger charge is -2.21. The van der Waals surface area contributed by atoms with E-state index in [0.29, 0.717) is 19.4 Å². The zero-order valence-corrected chi connectivity index (χ0v) is 10.2. The highest BCUT2D eigenvalue weighted by atomic mass is 19.1. The van der Waals surface area contributed by atoms with Crippen LogP contribution >= 0.6 is 0 Å². The van der Waals surface area contributed by atoms with Crippen LogP contribution in [0.25, 0.3) is 11.3 Å². The number of carboxylic acid groups (broad SMARTS) is 1. The van der Waals surface area contributed by atoms with Gasteiger partial charge in [0.05, 0.1) is 17.8 Å². The summed E-state index contributed by atoms with van der Waals surface area (Å²) in [6.45, 7) is 0.638. The van der Waals surface area contributed by atoms with Crippen molar-refractivity contribution < 1.29 is 14.3 Å². The van der Waals surface area contributed by atoms with Crippen LogP contribution in [0.1, 0.15) is 12.2 Å². The van der Waals surface area contributed by atoms with E-state index >= 15 is 0 Å². The number of imidazole rings is 1. The summed E-state index contributed by atoms with van der Waals surface area (Å²) < 4.78 is 14.9. The minimum Gasteiger partial charge on any atom is -0.481 e. The summed E-state index contributed by atoms with van der Waals surface area (Å²) in [6.07, 6.45) is 2.79. The second-order valence-corrected chi connectivity index (χ2v) is 4.75. The largest absolute Gasteiger partial charge is 0.481 e. The Morgan fingerprint density at radius 2 is 2.11 bits per heavy atom. The van der Waals surface area contributed by atoms with Crippen LogP contribution < -0.4 is 0 Å². The van der Waals surface area contributed by atoms with Gasteiger partial charge >= 0.3 is 5.97 Å². The summed E-state index contributed by atoms with van der Waals surface area (Å²) in [4.78, 5) is 15.3. The van der Waals surface area contributed by atoms with E-state index in [-0.39, 0.29) is 11.7 Å². The van der Waals surface area contributed by atoms with Gasteiger partial charge in [-0.15, -0.1) is 0 Å². The first-order valence-corrected chi connectivity index (χ1v) is 6.18. The van der Waals surface area contributed by atoms with Gasteiger partial charge in [-0.1, -0.05) is 0 Å². The number of benzene rings is 1. The number of halogens is 1. The van der Waals surface area contributed by atoms with Gasteiger partial charge in [0.2, 0.25) is 0 Å². The third-order valence-electron chi connectivity index (χ3n) is 3.56. The van der Waals surface area contributed by atoms with Crippen molar-refractivity contribution in [2.75, 3.05) is 0 Å². The Labute approximate surface area is 109 Å². The molecule has 0 saturated heterocycles. The molecular weight excluding hydrogens is 247 g/mol. The molecule has 0 bridgehead atoms. The predicted octanol–water partition coefficient (Wildman–Crippen LogP) is 2.34. The maximum atomic E-state index is 12.9. The Morgan fingerprint density at radius 1 is 1.37 bits per heavy atom. The van der Waals surface area contributed by atoms with Crippen molar-refractivity contribution in [1.29, 1.82) is 0 Å². The average molecular weight is 260 g/mol. The molecule has 1 atom stereocenters. The van der Waals surface area contributed by atoms with Gasteiger partial charge in [0.15, 0.2) is 0 Å². The minimum atomic E-state index is -0.766. The molecular formula is C14H13FN2O2. The Kier molecular flexibility index (Phi) is 2.81. The molecule has 1 aromatic carbocycles. The number of fused-ring (bicyclic) bond motifs is 1. The predicted molar refractivity (Wildman–Crippen MR) is 67.1 cm³/mol. The van der Waals surface area contributed by atoms with Crippen LogP contribution in [0.4, 0.5) is 4.39 Å². The Balaban J connectivity index is 1.95. The third kappa shape index (κ3) is 2.12. The molecule has 0 amide bonds. The van der Waals surface area contributed by atoms with Gasteiger partial charge < -0.3 is 9.67 Å². The maximum absolute atomic E-state index is 12.9. The molecule has 1 N–H and O–H groups in total. The standard InChI is InChI=1S/C14H13FN2O2/c15-11-3-1-9(2-4-11)12-8-16-13-7-10(14(18)19)5-6-17(12)13/h1-4,8,10H,5-7H2,(H,18,19). The zero-order chi connectivity index (χ0) is 13.4. The van der Waals surface area contributed by atoms with Crippen LogP contribution in [0, 0.1) is 11.7 Å². The van der Waals surface area contributed by atoms with Crippen molar-refractivity contribution in [3.8, 4) is 11.3 Å². The van der Waals surface area contributed by atoms with Crippen LogP contribution in [0.3, 0.4) is 0 Å². The van der Waals surface area contributed by atoms with Crippen molar-refractivity contribution in [3.63, 3.8) is 0 Å². The quantitative estimate of drug-likeness (QED) is 0.901. The van der Waals surface area contributed by atoms with E-state index in [1.165, 1.54) is 12.1 Å². The van der Waals surface area contributed by atoms with E-state index in [1.54, 1.807) is 18.3 Å². The lowest BCUT2D eigenvalue weighted by atomic mass is 9.98. The van der Waals surface area contributed by atoms with Gasteiger partial charge in [-0.05, 0) is 36.2 Å². The van der Waals surface area contributed by atoms with Gasteiger partial charge in [-0.3, -0.25) is 4.79 Å². The Bertz CT molecular complexity index is 619. The fourth-order valence-electron chi connectivity index (χ4n) is 2.50. The lowest BCUT2D eigenvalue weighted by Crippen LogP contribution is -2.26. The average Bonchev–Trinajstić information content (AvgIpc) is 2.82. The highest BCUT2D eigenvalue weighted by molar-refractivity contribution is 5.70. The highest BCUT2D eigenvalue weighted by Crippen LogP contribution is 2.27. The summed E-state index contributed by atoms with van der Waals surface area (Å²) in [6, 6.07) is 6.25. The molecule has 0 fully saturated rings. The van der Waals surface area contributed by atoms with Gasteiger partial charge in [-0.2, -0.15) is 0 Å². The molecule has 1 unspecified atom stereocenters. The van der Waals surface area contributed by atoms with E-state index in [9.17, 15) is 9.18 Å². The molecule has 1 aromatic heterocycles. The van der Waals surface area contributed by atoms with E-state index in [2.05, 4.69) is 4.98 Å². The molecule has 1 aliphatic rings. The molecule has 2 heterocycles. The number of hydrogen-bond acceptors (Lipinski definition) is 2. The number of carbonyl (C=O) groups is 1. The molecule has 0 radical (unpaired) electrons. The zero-order valence-electron chi connectivity index (χ0n) is 10.2. The molecule has 0 spiro atoms. The second-order valence-electron chi connectivity index (χ2n) is 4.75. The normalized spacial score (nSPS) is 18.1. The van der Waals surface area contributed by atoms with E-state index in [1.807, 2.05) is 4.57 Å². The van der Waals surface area contributed by atoms with Crippen molar-refractivity contribution in [2.45, 2.75) is 19.4 Å². The van der Waals surface area contributed by atoms with Crippen molar-refractivity contribution in [3.05, 3.63) is 42.1 Å². The molecule has 1 aliphatic heterocycles. The van der Waals surface area contributed by atoms with Crippen molar-refractivity contribution in [1.82, 2.24) is 9.55 Å². The summed E-state index contributed by atoms with van der Waals surface area (Å²) in [7, 11) is 0. The monoisotopic (exact) mass is 260 g/mol. The minimum absolute atomic E-state index is 0.270. The first-order valence-electron chi connectivity index (χ1n) is 6.18. The first kappa shape index (κ1) is 11.9. The van der Waals surface area contributed by atoms with Crippen molar-refractivity contribution in [2.24, 2.45) is 5.92 Å². The van der Waals surface area contributed by atoms with E-state index < -0.39 is 5.97 Å². The summed E-state index contributed by atoms with van der Waals surface area (Å²) in [5.41, 5.74) is 1.81. The summed E-state index contributed by atoms with van der Waals surface area (Å²) in [5.74, 6) is -0.598. The molecule has 4 nitrogen and oxygen atoms in total. The molecule has 3 rings (SSSR count). The Hall–Kier alpha value is -2.17. The lowest BCUT2D eigenvalue weighted by molar-refractivity contribution is -0.142. The molecule has 0 saturated carbocycles. The van der Waals surface area contributed by atoms with Gasteiger partial charge in [0.1, 0.15) is 11.6 Å². The smallest absolute Gasteiger partial charge is 0.307 e. The molecule has 98 valence electrons. The number of nitrogens with zero attached hydrogens (tertiary/aromatic N) is 2. The number of aromatic nitrogens is 2. The second kappa shape index (κ2) is 4.50. The molecule has 0 aliphatic carbocycles. The first-order chi connectivity index (χ1) is 9.15. The van der Waals surface area contributed by atoms with E-state index in [4.69, 9.17) is 5.11 Å². The van der Waals surface area contributed by atoms with Crippen LogP contribution in [-0.4, -0.2) is 20.6 Å². The molecule has 5 heteroatoms. The number of rotatable bonds is 2. The molecule has 19 heavy (non-hydrogen) atoms. The van der Waals surface area contributed by atoms with Crippen molar-refractivity contribution >= 4 is 5.97 Å². The maximum Gasteiger partial charge on any atom is 0.307 e. The number of aliphatic carboxylic acids is 1. The fourth-order valence-corrected chi connectivity index (χ4v) is 2.50. The topological polar surface area (TPSA) is 55.1 Å². The number of carboxylic acids is 1. The van der Waals surface area contributed by atoms with Crippen LogP contribution in [0.15, 0.2) is 30.5 Å². The summed E-state index contributed by atoms with van der Waals surface area (Å²) in [5, 5.41) is 9.04. The number of hydrogen-bond donors (Lipinski definition) is 1. The fraction of sp³-hybridized carbons (Fsp3) is 0.286. The van der Waals surface area contributed by atoms with Crippen LogP contribution in [0.5, 0.6) is 0 Å². The van der Waals surface area contributed by atoms with Gasteiger partial charge in [-0.25, -0.2) is 9.37 Å². The van der Waals surface area contributed by atoms with Crippen LogP contribution in [0.2, 0.25) is 0 Å². The highest BCUT2D eigenvalue weighted by Gasteiger charge is 2.26. The Morgan fingerprint density at radius 3 is 2.79 bits per heavy atom. The third-order valence-corrected chi connectivity index (χ3v) is 3.56. The van der Waals surface area contributed by atoms with E-state index in [0.717, 1.165) is 17.1 Å². The van der Waals surface area contributed by atoms with Crippen LogP contribution in [-0.2, 0) is 17.8 Å². The van der Waals surface area contributed by atoms with Gasteiger partial charge in [0, 0.05) is 13.0 Å². The van der Waals surface area contributed by atoms with Gasteiger partial charge in [0.25, 0.3) is 0 Å². The summed E-state index contributed by atoms with van der Waals surface area (Å²) >= 11 is 0. The SMILES string of the molecule is O=C(O)C1CCn2c(-c3ccc(F)cc3)cnc2C1. The molecule has 2 aromatic rings.